The van der Waals surface area contributed by atoms with Crippen LogP contribution in [0.3, 0.4) is 0 Å². The van der Waals surface area contributed by atoms with E-state index in [1.165, 1.54) is 29.7 Å². The first-order chi connectivity index (χ1) is 16.4. The third-order valence-electron chi connectivity index (χ3n) is 5.66. The molecule has 9 nitrogen and oxygen atoms in total. The van der Waals surface area contributed by atoms with Crippen molar-refractivity contribution in [2.24, 2.45) is 0 Å². The number of non-ortho nitro benzene ring substituents is 1. The first-order valence-electron chi connectivity index (χ1n) is 10.9. The van der Waals surface area contributed by atoms with Gasteiger partial charge in [-0.1, -0.05) is 12.1 Å². The molecule has 176 valence electrons. The van der Waals surface area contributed by atoms with Gasteiger partial charge in [-0.15, -0.1) is 0 Å². The summed E-state index contributed by atoms with van der Waals surface area (Å²) in [5, 5.41) is 11.6. The summed E-state index contributed by atoms with van der Waals surface area (Å²) in [6.45, 7) is 3.94. The van der Waals surface area contributed by atoms with E-state index in [1.807, 2.05) is 36.1 Å². The fourth-order valence-electron chi connectivity index (χ4n) is 3.84. The molecule has 3 aromatic rings. The number of carbonyl (C=O) groups excluding carboxylic acids is 1. The fourth-order valence-corrected chi connectivity index (χ4v) is 4.56. The molecular formula is C24H25N5O4S. The number of benzene rings is 2. The fraction of sp³-hybridized carbons (Fsp3) is 0.292. The van der Waals surface area contributed by atoms with Gasteiger partial charge in [0, 0.05) is 61.8 Å². The molecule has 10 heteroatoms. The van der Waals surface area contributed by atoms with Gasteiger partial charge in [0.15, 0.2) is 0 Å². The molecule has 34 heavy (non-hydrogen) atoms. The van der Waals surface area contributed by atoms with E-state index in [1.54, 1.807) is 25.3 Å². The minimum absolute atomic E-state index is 0.00787. The maximum Gasteiger partial charge on any atom is 0.269 e. The van der Waals surface area contributed by atoms with Crippen LogP contribution in [0, 0.1) is 10.1 Å². The number of nitrogens with zero attached hydrogens (tertiary/aromatic N) is 5. The van der Waals surface area contributed by atoms with Crippen LogP contribution in [-0.2, 0) is 11.2 Å². The number of nitro groups is 1. The predicted molar refractivity (Wildman–Crippen MR) is 131 cm³/mol. The maximum absolute atomic E-state index is 12.7. The topological polar surface area (TPSA) is 102 Å². The van der Waals surface area contributed by atoms with Gasteiger partial charge in [0.1, 0.15) is 11.6 Å². The van der Waals surface area contributed by atoms with Gasteiger partial charge in [-0.3, -0.25) is 14.9 Å². The van der Waals surface area contributed by atoms with Crippen LogP contribution in [0.4, 0.5) is 10.8 Å². The van der Waals surface area contributed by atoms with E-state index in [-0.39, 0.29) is 17.6 Å². The summed E-state index contributed by atoms with van der Waals surface area (Å²) in [7, 11) is 1.65. The number of aromatic nitrogens is 2. The van der Waals surface area contributed by atoms with Gasteiger partial charge >= 0.3 is 0 Å². The van der Waals surface area contributed by atoms with Crippen molar-refractivity contribution in [3.05, 3.63) is 81.7 Å². The van der Waals surface area contributed by atoms with Gasteiger partial charge in [0.05, 0.1) is 12.0 Å². The summed E-state index contributed by atoms with van der Waals surface area (Å²) >= 11 is 1.38. The highest BCUT2D eigenvalue weighted by molar-refractivity contribution is 7.09. The van der Waals surface area contributed by atoms with E-state index in [9.17, 15) is 14.9 Å². The molecule has 1 saturated heterocycles. The van der Waals surface area contributed by atoms with Gasteiger partial charge < -0.3 is 14.5 Å². The third kappa shape index (κ3) is 5.57. The molecule has 0 N–H and O–H groups in total. The molecule has 0 radical (unpaired) electrons. The first kappa shape index (κ1) is 23.4. The molecular weight excluding hydrogens is 454 g/mol. The van der Waals surface area contributed by atoms with Crippen molar-refractivity contribution >= 4 is 34.3 Å². The monoisotopic (exact) mass is 479 g/mol. The lowest BCUT2D eigenvalue weighted by atomic mass is 10.1. The van der Waals surface area contributed by atoms with Gasteiger partial charge in [0.25, 0.3) is 5.69 Å². The van der Waals surface area contributed by atoms with Crippen molar-refractivity contribution in [3.8, 4) is 5.75 Å². The summed E-state index contributed by atoms with van der Waals surface area (Å²) in [4.78, 5) is 31.8. The zero-order valence-electron chi connectivity index (χ0n) is 19.0. The average molecular weight is 480 g/mol. The number of amides is 1. The Kier molecular flexibility index (Phi) is 7.17. The average Bonchev–Trinajstić information content (AvgIpc) is 3.31. The molecule has 2 heterocycles. The lowest BCUT2D eigenvalue weighted by Crippen LogP contribution is -2.53. The second kappa shape index (κ2) is 10.4. The number of hydrogen-bond donors (Lipinski definition) is 0. The summed E-state index contributed by atoms with van der Waals surface area (Å²) in [6.07, 6.45) is 3.83. The largest absolute Gasteiger partial charge is 0.497 e. The molecule has 1 aromatic heterocycles. The normalized spacial score (nSPS) is 16.1. The molecule has 1 amide bonds. The van der Waals surface area contributed by atoms with E-state index in [0.29, 0.717) is 26.1 Å². The van der Waals surface area contributed by atoms with Gasteiger partial charge in [-0.2, -0.15) is 4.37 Å². The number of hydrogen-bond acceptors (Lipinski definition) is 8. The van der Waals surface area contributed by atoms with Crippen molar-refractivity contribution in [1.82, 2.24) is 14.3 Å². The summed E-state index contributed by atoms with van der Waals surface area (Å²) < 4.78 is 9.80. The van der Waals surface area contributed by atoms with Crippen LogP contribution in [-0.4, -0.2) is 57.9 Å². The number of piperazine rings is 1. The second-order valence-corrected chi connectivity index (χ2v) is 8.76. The Hall–Kier alpha value is -3.79. The van der Waals surface area contributed by atoms with E-state index in [4.69, 9.17) is 9.72 Å². The standard InChI is InChI=1S/C24H25N5O4S/c1-17-16-27(24-25-22(26-34-24)15-19-4-3-5-21(14-19)33-2)12-13-28(17)23(30)11-8-18-6-9-20(10-7-18)29(31)32/h3-11,14,17H,12-13,15-16H2,1-2H3/b11-8+. The molecule has 0 bridgehead atoms. The van der Waals surface area contributed by atoms with E-state index in [0.717, 1.165) is 27.8 Å². The minimum atomic E-state index is -0.445. The minimum Gasteiger partial charge on any atom is -0.497 e. The molecule has 2 aromatic carbocycles. The Balaban J connectivity index is 1.34. The molecule has 1 aliphatic heterocycles. The Morgan fingerprint density at radius 2 is 2.06 bits per heavy atom. The lowest BCUT2D eigenvalue weighted by Gasteiger charge is -2.39. The van der Waals surface area contributed by atoms with Crippen molar-refractivity contribution < 1.29 is 14.5 Å². The number of anilines is 1. The zero-order valence-corrected chi connectivity index (χ0v) is 19.8. The highest BCUT2D eigenvalue weighted by atomic mass is 32.1. The van der Waals surface area contributed by atoms with Crippen LogP contribution in [0.15, 0.2) is 54.6 Å². The number of rotatable bonds is 7. The van der Waals surface area contributed by atoms with Crippen LogP contribution >= 0.6 is 11.5 Å². The van der Waals surface area contributed by atoms with Crippen LogP contribution in [0.1, 0.15) is 23.9 Å². The van der Waals surface area contributed by atoms with Gasteiger partial charge in [0.2, 0.25) is 11.0 Å². The van der Waals surface area contributed by atoms with Crippen LogP contribution in [0.2, 0.25) is 0 Å². The van der Waals surface area contributed by atoms with Gasteiger partial charge in [-0.05, 0) is 48.4 Å². The Bertz CT molecular complexity index is 1190. The Morgan fingerprint density at radius 3 is 2.76 bits per heavy atom. The smallest absolute Gasteiger partial charge is 0.269 e. The highest BCUT2D eigenvalue weighted by Gasteiger charge is 2.28. The molecule has 1 unspecified atom stereocenters. The molecule has 0 saturated carbocycles. The Morgan fingerprint density at radius 1 is 1.26 bits per heavy atom. The Labute approximate surface area is 201 Å². The third-order valence-corrected chi connectivity index (χ3v) is 6.47. The van der Waals surface area contributed by atoms with E-state index >= 15 is 0 Å². The predicted octanol–water partition coefficient (Wildman–Crippen LogP) is 3.80. The van der Waals surface area contributed by atoms with Crippen molar-refractivity contribution in [2.45, 2.75) is 19.4 Å². The molecule has 4 rings (SSSR count). The second-order valence-electron chi connectivity index (χ2n) is 8.03. The zero-order chi connectivity index (χ0) is 24.1. The molecule has 0 spiro atoms. The van der Waals surface area contributed by atoms with Crippen molar-refractivity contribution in [3.63, 3.8) is 0 Å². The molecule has 1 atom stereocenters. The number of ether oxygens (including phenoxy) is 1. The van der Waals surface area contributed by atoms with Crippen LogP contribution in [0.5, 0.6) is 5.75 Å². The number of carbonyl (C=O) groups is 1. The number of methoxy groups -OCH3 is 1. The molecule has 0 aliphatic carbocycles. The number of nitro benzene ring substituents is 1. The van der Waals surface area contributed by atoms with E-state index in [2.05, 4.69) is 9.27 Å². The lowest BCUT2D eigenvalue weighted by molar-refractivity contribution is -0.384. The SMILES string of the molecule is COc1cccc(Cc2nsc(N3CCN(C(=O)/C=C/c4ccc([N+](=O)[O-])cc4)C(C)C3)n2)c1. The summed E-state index contributed by atoms with van der Waals surface area (Å²) in [5.74, 6) is 1.50. The molecule has 1 fully saturated rings. The van der Waals surface area contributed by atoms with Crippen molar-refractivity contribution in [2.75, 3.05) is 31.6 Å². The molecule has 1 aliphatic rings. The quantitative estimate of drug-likeness (QED) is 0.289. The highest BCUT2D eigenvalue weighted by Crippen LogP contribution is 2.23. The van der Waals surface area contributed by atoms with Gasteiger partial charge in [-0.25, -0.2) is 4.98 Å². The van der Waals surface area contributed by atoms with E-state index < -0.39 is 4.92 Å². The van der Waals surface area contributed by atoms with Crippen molar-refractivity contribution in [1.29, 1.82) is 0 Å². The van der Waals surface area contributed by atoms with Crippen LogP contribution < -0.4 is 9.64 Å². The van der Waals surface area contributed by atoms with Crippen LogP contribution in [0.25, 0.3) is 6.08 Å². The first-order valence-corrected chi connectivity index (χ1v) is 11.6. The summed E-state index contributed by atoms with van der Waals surface area (Å²) in [6, 6.07) is 14.0. The summed E-state index contributed by atoms with van der Waals surface area (Å²) in [5.41, 5.74) is 1.85. The maximum atomic E-state index is 12.7.